The number of methoxy groups -OCH3 is 1. The number of hydrogen-bond acceptors (Lipinski definition) is 7. The van der Waals surface area contributed by atoms with Gasteiger partial charge < -0.3 is 24.1 Å². The van der Waals surface area contributed by atoms with Crippen molar-refractivity contribution in [2.45, 2.75) is 12.0 Å². The standard InChI is InChI=1S/C19H14O7/c1-24-19(23)17-14(9-6-7-11(20)12(21)8-9)15-16(26-17)10-4-2-3-5-13(10)25-18(15)22/h2-8,14,17,20-21H,1H3/t14-,17-/m1/s1. The number of para-hydroxylation sites is 1. The van der Waals surface area contributed by atoms with Crippen LogP contribution >= 0.6 is 0 Å². The normalized spacial score (nSPS) is 18.3. The quantitative estimate of drug-likeness (QED) is 0.413. The van der Waals surface area contributed by atoms with E-state index in [1.807, 2.05) is 0 Å². The summed E-state index contributed by atoms with van der Waals surface area (Å²) in [6, 6.07) is 10.9. The lowest BCUT2D eigenvalue weighted by atomic mass is 9.88. The van der Waals surface area contributed by atoms with Gasteiger partial charge in [0.15, 0.2) is 11.5 Å². The van der Waals surface area contributed by atoms with Crippen molar-refractivity contribution in [3.05, 3.63) is 64.0 Å². The Balaban J connectivity index is 1.99. The second kappa shape index (κ2) is 5.80. The van der Waals surface area contributed by atoms with Crippen molar-refractivity contribution in [1.29, 1.82) is 0 Å². The predicted octanol–water partition coefficient (Wildman–Crippen LogP) is 2.27. The van der Waals surface area contributed by atoms with E-state index >= 15 is 0 Å². The topological polar surface area (TPSA) is 106 Å². The molecule has 2 heterocycles. The monoisotopic (exact) mass is 354 g/mol. The first-order valence-corrected chi connectivity index (χ1v) is 7.83. The number of hydrogen-bond donors (Lipinski definition) is 2. The summed E-state index contributed by atoms with van der Waals surface area (Å²) in [5.41, 5.74) is 0.290. The van der Waals surface area contributed by atoms with E-state index in [1.54, 1.807) is 24.3 Å². The number of esters is 1. The molecule has 0 spiro atoms. The molecule has 1 aromatic heterocycles. The van der Waals surface area contributed by atoms with Gasteiger partial charge in [-0.15, -0.1) is 0 Å². The van der Waals surface area contributed by atoms with Crippen molar-refractivity contribution in [2.75, 3.05) is 7.11 Å². The van der Waals surface area contributed by atoms with E-state index in [1.165, 1.54) is 25.3 Å². The largest absolute Gasteiger partial charge is 0.504 e. The highest BCUT2D eigenvalue weighted by molar-refractivity contribution is 5.88. The molecule has 2 atom stereocenters. The lowest BCUT2D eigenvalue weighted by Gasteiger charge is -2.17. The molecule has 1 aliphatic heterocycles. The molecular formula is C19H14O7. The molecule has 4 rings (SSSR count). The maximum Gasteiger partial charge on any atom is 0.348 e. The first-order chi connectivity index (χ1) is 12.5. The summed E-state index contributed by atoms with van der Waals surface area (Å²) < 4.78 is 16.0. The van der Waals surface area contributed by atoms with Crippen LogP contribution in [0.15, 0.2) is 51.7 Å². The second-order valence-electron chi connectivity index (χ2n) is 5.92. The summed E-state index contributed by atoms with van der Waals surface area (Å²) in [6.45, 7) is 0. The van der Waals surface area contributed by atoms with Crippen molar-refractivity contribution in [3.8, 4) is 17.2 Å². The SMILES string of the molecule is COC(=O)[C@@H]1Oc2c(c(=O)oc3ccccc23)[C@H]1c1ccc(O)c(O)c1. The molecule has 0 saturated heterocycles. The van der Waals surface area contributed by atoms with Crippen LogP contribution in [0, 0.1) is 0 Å². The van der Waals surface area contributed by atoms with Gasteiger partial charge in [0.2, 0.25) is 6.10 Å². The number of carbonyl (C=O) groups is 1. The van der Waals surface area contributed by atoms with Crippen LogP contribution in [0.5, 0.6) is 17.2 Å². The third kappa shape index (κ3) is 2.28. The zero-order chi connectivity index (χ0) is 18.4. The Morgan fingerprint density at radius 1 is 1.12 bits per heavy atom. The van der Waals surface area contributed by atoms with Crippen LogP contribution in [-0.2, 0) is 9.53 Å². The van der Waals surface area contributed by atoms with E-state index < -0.39 is 23.6 Å². The van der Waals surface area contributed by atoms with Gasteiger partial charge in [-0.3, -0.25) is 0 Å². The first-order valence-electron chi connectivity index (χ1n) is 7.83. The van der Waals surface area contributed by atoms with Gasteiger partial charge in [0.25, 0.3) is 0 Å². The van der Waals surface area contributed by atoms with Crippen LogP contribution in [0.2, 0.25) is 0 Å². The highest BCUT2D eigenvalue weighted by Gasteiger charge is 2.45. The summed E-state index contributed by atoms with van der Waals surface area (Å²) in [4.78, 5) is 24.9. The molecule has 2 aromatic carbocycles. The molecule has 0 saturated carbocycles. The van der Waals surface area contributed by atoms with Crippen molar-refractivity contribution in [2.24, 2.45) is 0 Å². The fraction of sp³-hybridized carbons (Fsp3) is 0.158. The molecule has 0 amide bonds. The Morgan fingerprint density at radius 2 is 1.88 bits per heavy atom. The Bertz CT molecular complexity index is 1080. The first kappa shape index (κ1) is 16.0. The molecule has 7 nitrogen and oxygen atoms in total. The minimum Gasteiger partial charge on any atom is -0.504 e. The van der Waals surface area contributed by atoms with Crippen LogP contribution < -0.4 is 10.4 Å². The fourth-order valence-electron chi connectivity index (χ4n) is 3.25. The number of fused-ring (bicyclic) bond motifs is 3. The molecule has 26 heavy (non-hydrogen) atoms. The highest BCUT2D eigenvalue weighted by Crippen LogP contribution is 2.45. The molecule has 0 aliphatic carbocycles. The van der Waals surface area contributed by atoms with Crippen LogP contribution in [0.3, 0.4) is 0 Å². The molecule has 7 heteroatoms. The average Bonchev–Trinajstić information content (AvgIpc) is 3.05. The van der Waals surface area contributed by atoms with Crippen molar-refractivity contribution < 1.29 is 28.9 Å². The summed E-state index contributed by atoms with van der Waals surface area (Å²) in [6.07, 6.45) is -1.12. The van der Waals surface area contributed by atoms with Gasteiger partial charge >= 0.3 is 11.6 Å². The molecule has 3 aromatic rings. The van der Waals surface area contributed by atoms with E-state index in [9.17, 15) is 19.8 Å². The summed E-state index contributed by atoms with van der Waals surface area (Å²) >= 11 is 0. The van der Waals surface area contributed by atoms with Gasteiger partial charge in [0.1, 0.15) is 11.3 Å². The zero-order valence-corrected chi connectivity index (χ0v) is 13.6. The van der Waals surface area contributed by atoms with E-state index in [0.717, 1.165) is 0 Å². The number of aromatic hydroxyl groups is 2. The third-order valence-corrected chi connectivity index (χ3v) is 4.45. The molecule has 2 N–H and O–H groups in total. The molecule has 0 bridgehead atoms. The summed E-state index contributed by atoms with van der Waals surface area (Å²) in [7, 11) is 1.22. The minimum absolute atomic E-state index is 0.171. The maximum absolute atomic E-state index is 12.6. The molecule has 0 radical (unpaired) electrons. The van der Waals surface area contributed by atoms with Gasteiger partial charge in [-0.25, -0.2) is 9.59 Å². The summed E-state index contributed by atoms with van der Waals surface area (Å²) in [5.74, 6) is -1.94. The van der Waals surface area contributed by atoms with Gasteiger partial charge in [0, 0.05) is 0 Å². The summed E-state index contributed by atoms with van der Waals surface area (Å²) in [5, 5.41) is 19.9. The maximum atomic E-state index is 12.6. The van der Waals surface area contributed by atoms with Crippen molar-refractivity contribution >= 4 is 16.9 Å². The lowest BCUT2D eigenvalue weighted by molar-refractivity contribution is -0.148. The Morgan fingerprint density at radius 3 is 2.62 bits per heavy atom. The van der Waals surface area contributed by atoms with E-state index in [0.29, 0.717) is 16.5 Å². The second-order valence-corrected chi connectivity index (χ2v) is 5.92. The fourth-order valence-corrected chi connectivity index (χ4v) is 3.25. The van der Waals surface area contributed by atoms with Gasteiger partial charge in [-0.1, -0.05) is 18.2 Å². The van der Waals surface area contributed by atoms with Gasteiger partial charge in [-0.05, 0) is 29.8 Å². The van der Waals surface area contributed by atoms with Crippen LogP contribution in [0.1, 0.15) is 17.0 Å². The van der Waals surface area contributed by atoms with Crippen molar-refractivity contribution in [3.63, 3.8) is 0 Å². The lowest BCUT2D eigenvalue weighted by Crippen LogP contribution is -2.31. The minimum atomic E-state index is -1.12. The Hall–Kier alpha value is -3.48. The van der Waals surface area contributed by atoms with E-state index in [2.05, 4.69) is 0 Å². The molecule has 1 aliphatic rings. The van der Waals surface area contributed by atoms with E-state index in [4.69, 9.17) is 13.9 Å². The number of ether oxygens (including phenoxy) is 2. The Kier molecular flexibility index (Phi) is 3.57. The van der Waals surface area contributed by atoms with Gasteiger partial charge in [-0.2, -0.15) is 0 Å². The zero-order valence-electron chi connectivity index (χ0n) is 13.6. The van der Waals surface area contributed by atoms with Crippen molar-refractivity contribution in [1.82, 2.24) is 0 Å². The number of phenolic OH excluding ortho intramolecular Hbond substituents is 2. The molecule has 0 unspecified atom stereocenters. The molecular weight excluding hydrogens is 340 g/mol. The average molecular weight is 354 g/mol. The van der Waals surface area contributed by atoms with Crippen LogP contribution in [0.25, 0.3) is 11.0 Å². The van der Waals surface area contributed by atoms with E-state index in [-0.39, 0.29) is 22.8 Å². The highest BCUT2D eigenvalue weighted by atomic mass is 16.6. The number of phenols is 2. The van der Waals surface area contributed by atoms with Crippen LogP contribution in [-0.4, -0.2) is 29.4 Å². The number of carbonyl (C=O) groups excluding carboxylic acids is 1. The predicted molar refractivity (Wildman–Crippen MR) is 90.5 cm³/mol. The van der Waals surface area contributed by atoms with Gasteiger partial charge in [0.05, 0.1) is 24.0 Å². The Labute approximate surface area is 147 Å². The smallest absolute Gasteiger partial charge is 0.348 e. The number of benzene rings is 2. The van der Waals surface area contributed by atoms with Crippen LogP contribution in [0.4, 0.5) is 0 Å². The molecule has 0 fully saturated rings. The molecule has 132 valence electrons. The third-order valence-electron chi connectivity index (χ3n) is 4.45. The number of rotatable bonds is 2.